The van der Waals surface area contributed by atoms with Gasteiger partial charge in [-0.3, -0.25) is 9.78 Å². The second-order valence-corrected chi connectivity index (χ2v) is 8.90. The molecule has 0 aliphatic heterocycles. The number of aryl methyl sites for hydroxylation is 2. The Balaban J connectivity index is 1.15. The molecule has 0 saturated carbocycles. The molecule has 0 atom stereocenters. The predicted molar refractivity (Wildman–Crippen MR) is 140 cm³/mol. The molecular weight excluding hydrogens is 474 g/mol. The molecule has 8 nitrogen and oxygen atoms in total. The number of carbonyl (C=O) groups is 1. The van der Waals surface area contributed by atoms with Gasteiger partial charge in [-0.2, -0.15) is 0 Å². The minimum atomic E-state index is -0.199. The van der Waals surface area contributed by atoms with Crippen molar-refractivity contribution in [3.8, 4) is 17.0 Å². The van der Waals surface area contributed by atoms with E-state index in [4.69, 9.17) is 9.26 Å². The van der Waals surface area contributed by atoms with Crippen LogP contribution < -0.4 is 15.4 Å². The molecule has 3 aromatic heterocycles. The number of nitrogens with zero attached hydrogens (tertiary/aromatic N) is 3. The smallest absolute Gasteiger partial charge is 0.255 e. The van der Waals surface area contributed by atoms with Gasteiger partial charge >= 0.3 is 0 Å². The second kappa shape index (κ2) is 10.4. The van der Waals surface area contributed by atoms with Crippen molar-refractivity contribution in [1.29, 1.82) is 0 Å². The summed E-state index contributed by atoms with van der Waals surface area (Å²) < 4.78 is 11.0. The van der Waals surface area contributed by atoms with Crippen LogP contribution in [0.25, 0.3) is 11.3 Å². The monoisotopic (exact) mass is 497 g/mol. The number of thiazole rings is 1. The van der Waals surface area contributed by atoms with Gasteiger partial charge in [-0.1, -0.05) is 5.16 Å². The van der Waals surface area contributed by atoms with E-state index in [1.54, 1.807) is 36.7 Å². The summed E-state index contributed by atoms with van der Waals surface area (Å²) in [5, 5.41) is 12.9. The normalized spacial score (nSPS) is 10.7. The fourth-order valence-corrected chi connectivity index (χ4v) is 4.26. The van der Waals surface area contributed by atoms with Gasteiger partial charge in [0.15, 0.2) is 5.13 Å². The SMILES string of the molecule is Cc1noc(C)c1COc1ccc(C(=O)Nc2ccc(Nc3nc(-c4ccncc4)cs3)cc2)cc1. The molecule has 9 heteroatoms. The van der Waals surface area contributed by atoms with Crippen LogP contribution in [-0.2, 0) is 6.61 Å². The van der Waals surface area contributed by atoms with Crippen molar-refractivity contribution in [3.05, 3.63) is 101 Å². The Bertz CT molecular complexity index is 1440. The number of ether oxygens (including phenoxy) is 1. The molecule has 0 radical (unpaired) electrons. The van der Waals surface area contributed by atoms with Gasteiger partial charge < -0.3 is 19.9 Å². The highest BCUT2D eigenvalue weighted by Gasteiger charge is 2.11. The van der Waals surface area contributed by atoms with E-state index in [2.05, 4.69) is 25.8 Å². The molecule has 1 amide bonds. The van der Waals surface area contributed by atoms with E-state index in [-0.39, 0.29) is 5.91 Å². The van der Waals surface area contributed by atoms with Crippen LogP contribution in [0.1, 0.15) is 27.4 Å². The minimum Gasteiger partial charge on any atom is -0.489 e. The van der Waals surface area contributed by atoms with Crippen LogP contribution in [0.3, 0.4) is 0 Å². The first-order chi connectivity index (χ1) is 17.5. The minimum absolute atomic E-state index is 0.199. The Kier molecular flexibility index (Phi) is 6.72. The quantitative estimate of drug-likeness (QED) is 0.256. The Labute approximate surface area is 212 Å². The van der Waals surface area contributed by atoms with Gasteiger partial charge in [0.25, 0.3) is 5.91 Å². The molecule has 180 valence electrons. The van der Waals surface area contributed by atoms with Gasteiger partial charge in [0, 0.05) is 40.3 Å². The van der Waals surface area contributed by atoms with Crippen molar-refractivity contribution in [3.63, 3.8) is 0 Å². The summed E-state index contributed by atoms with van der Waals surface area (Å²) in [6.07, 6.45) is 3.50. The number of amides is 1. The Hall–Kier alpha value is -4.50. The highest BCUT2D eigenvalue weighted by Crippen LogP contribution is 2.27. The molecule has 36 heavy (non-hydrogen) atoms. The zero-order valence-electron chi connectivity index (χ0n) is 19.7. The van der Waals surface area contributed by atoms with E-state index in [1.165, 1.54) is 11.3 Å². The lowest BCUT2D eigenvalue weighted by atomic mass is 10.2. The number of aromatic nitrogens is 3. The third kappa shape index (κ3) is 5.42. The molecule has 0 bridgehead atoms. The van der Waals surface area contributed by atoms with Crippen LogP contribution in [0.15, 0.2) is 83.0 Å². The predicted octanol–water partition coefficient (Wildman–Crippen LogP) is 6.38. The molecule has 0 spiro atoms. The standard InChI is InChI=1S/C27H23N5O3S/c1-17-24(18(2)35-32-17)15-34-23-9-3-20(4-10-23)26(33)29-21-5-7-22(8-6-21)30-27-31-25(16-36-27)19-11-13-28-14-12-19/h3-14,16H,15H2,1-2H3,(H,29,33)(H,30,31). The van der Waals surface area contributed by atoms with Crippen molar-refractivity contribution in [1.82, 2.24) is 15.1 Å². The first-order valence-corrected chi connectivity index (χ1v) is 12.1. The third-order valence-corrected chi connectivity index (χ3v) is 6.31. The van der Waals surface area contributed by atoms with Crippen LogP contribution in [-0.4, -0.2) is 21.0 Å². The number of nitrogens with one attached hydrogen (secondary N) is 2. The lowest BCUT2D eigenvalue weighted by molar-refractivity contribution is 0.102. The Morgan fingerprint density at radius 3 is 2.39 bits per heavy atom. The van der Waals surface area contributed by atoms with Gasteiger partial charge in [0.2, 0.25) is 0 Å². The first-order valence-electron chi connectivity index (χ1n) is 11.2. The molecule has 2 N–H and O–H groups in total. The second-order valence-electron chi connectivity index (χ2n) is 8.05. The summed E-state index contributed by atoms with van der Waals surface area (Å²) in [6.45, 7) is 4.09. The van der Waals surface area contributed by atoms with E-state index in [1.807, 2.05) is 55.6 Å². The van der Waals surface area contributed by atoms with Crippen molar-refractivity contribution < 1.29 is 14.1 Å². The maximum Gasteiger partial charge on any atom is 0.255 e. The number of hydrogen-bond acceptors (Lipinski definition) is 8. The summed E-state index contributed by atoms with van der Waals surface area (Å²) in [4.78, 5) is 21.3. The van der Waals surface area contributed by atoms with Gasteiger partial charge in [-0.15, -0.1) is 11.3 Å². The summed E-state index contributed by atoms with van der Waals surface area (Å²) >= 11 is 1.53. The average Bonchev–Trinajstić information content (AvgIpc) is 3.50. The zero-order chi connectivity index (χ0) is 24.9. The highest BCUT2D eigenvalue weighted by atomic mass is 32.1. The molecule has 0 saturated heterocycles. The average molecular weight is 498 g/mol. The largest absolute Gasteiger partial charge is 0.489 e. The molecule has 0 aliphatic rings. The molecule has 5 aromatic rings. The van der Waals surface area contributed by atoms with Crippen LogP contribution in [0, 0.1) is 13.8 Å². The van der Waals surface area contributed by atoms with E-state index < -0.39 is 0 Å². The van der Waals surface area contributed by atoms with Crippen molar-refractivity contribution >= 4 is 33.8 Å². The van der Waals surface area contributed by atoms with Gasteiger partial charge in [0.05, 0.1) is 17.0 Å². The maximum absolute atomic E-state index is 12.7. The molecule has 5 rings (SSSR count). The van der Waals surface area contributed by atoms with E-state index in [0.29, 0.717) is 23.6 Å². The van der Waals surface area contributed by atoms with E-state index in [9.17, 15) is 4.79 Å². The van der Waals surface area contributed by atoms with Crippen molar-refractivity contribution in [2.45, 2.75) is 20.5 Å². The maximum atomic E-state index is 12.7. The zero-order valence-corrected chi connectivity index (χ0v) is 20.5. The third-order valence-electron chi connectivity index (χ3n) is 5.56. The summed E-state index contributed by atoms with van der Waals surface area (Å²) in [7, 11) is 0. The van der Waals surface area contributed by atoms with Crippen LogP contribution >= 0.6 is 11.3 Å². The molecule has 3 heterocycles. The molecule has 0 fully saturated rings. The van der Waals surface area contributed by atoms with Gasteiger partial charge in [-0.05, 0) is 74.5 Å². The number of pyridine rings is 1. The van der Waals surface area contributed by atoms with Crippen molar-refractivity contribution in [2.75, 3.05) is 10.6 Å². The lowest BCUT2D eigenvalue weighted by Gasteiger charge is -2.09. The first kappa shape index (κ1) is 23.3. The van der Waals surface area contributed by atoms with E-state index >= 15 is 0 Å². The summed E-state index contributed by atoms with van der Waals surface area (Å²) in [5.41, 5.74) is 5.77. The topological polar surface area (TPSA) is 102 Å². The molecular formula is C27H23N5O3S. The fraction of sp³-hybridized carbons (Fsp3) is 0.111. The molecule has 0 unspecified atom stereocenters. The van der Waals surface area contributed by atoms with Crippen LogP contribution in [0.5, 0.6) is 5.75 Å². The number of hydrogen-bond donors (Lipinski definition) is 2. The number of anilines is 3. The summed E-state index contributed by atoms with van der Waals surface area (Å²) in [5.74, 6) is 1.21. The van der Waals surface area contributed by atoms with Crippen LogP contribution in [0.2, 0.25) is 0 Å². The van der Waals surface area contributed by atoms with Gasteiger partial charge in [0.1, 0.15) is 18.1 Å². The fourth-order valence-electron chi connectivity index (χ4n) is 3.52. The Morgan fingerprint density at radius 1 is 0.972 bits per heavy atom. The highest BCUT2D eigenvalue weighted by molar-refractivity contribution is 7.14. The lowest BCUT2D eigenvalue weighted by Crippen LogP contribution is -2.11. The van der Waals surface area contributed by atoms with E-state index in [0.717, 1.165) is 39.1 Å². The number of carbonyl (C=O) groups excluding carboxylic acids is 1. The number of benzene rings is 2. The molecule has 0 aliphatic carbocycles. The summed E-state index contributed by atoms with van der Waals surface area (Å²) in [6, 6.07) is 18.4. The Morgan fingerprint density at radius 2 is 1.69 bits per heavy atom. The van der Waals surface area contributed by atoms with Crippen LogP contribution in [0.4, 0.5) is 16.5 Å². The van der Waals surface area contributed by atoms with Crippen molar-refractivity contribution in [2.24, 2.45) is 0 Å². The van der Waals surface area contributed by atoms with Gasteiger partial charge in [-0.25, -0.2) is 4.98 Å². The number of rotatable bonds is 8. The molecule has 2 aromatic carbocycles.